The van der Waals surface area contributed by atoms with E-state index in [1.807, 2.05) is 0 Å². The van der Waals surface area contributed by atoms with Gasteiger partial charge in [0.15, 0.2) is 12.1 Å². The van der Waals surface area contributed by atoms with Gasteiger partial charge >= 0.3 is 0 Å². The van der Waals surface area contributed by atoms with Gasteiger partial charge in [-0.05, 0) is 12.1 Å². The topological polar surface area (TPSA) is 83.4 Å². The Kier molecular flexibility index (Phi) is 2.26. The van der Waals surface area contributed by atoms with Gasteiger partial charge in [0.25, 0.3) is 11.8 Å². The zero-order valence-electron chi connectivity index (χ0n) is 9.53. The van der Waals surface area contributed by atoms with Gasteiger partial charge in [-0.25, -0.2) is 5.01 Å². The van der Waals surface area contributed by atoms with Gasteiger partial charge in [0.05, 0.1) is 12.8 Å². The second-order valence-corrected chi connectivity index (χ2v) is 3.99. The second-order valence-electron chi connectivity index (χ2n) is 3.99. The Bertz CT molecular complexity index is 557. The summed E-state index contributed by atoms with van der Waals surface area (Å²) in [4.78, 5) is 23.1. The fourth-order valence-electron chi connectivity index (χ4n) is 2.05. The van der Waals surface area contributed by atoms with Crippen LogP contribution in [-0.2, 0) is 9.59 Å². The highest BCUT2D eigenvalue weighted by Crippen LogP contribution is 2.30. The van der Waals surface area contributed by atoms with E-state index in [0.29, 0.717) is 11.4 Å². The Morgan fingerprint density at radius 2 is 2.17 bits per heavy atom. The number of imide groups is 1. The van der Waals surface area contributed by atoms with Gasteiger partial charge < -0.3 is 4.74 Å². The molecule has 0 aliphatic carbocycles. The highest BCUT2D eigenvalue weighted by Gasteiger charge is 2.49. The van der Waals surface area contributed by atoms with E-state index in [0.717, 1.165) is 0 Å². The van der Waals surface area contributed by atoms with E-state index < -0.39 is 18.0 Å². The number of methoxy groups -OCH3 is 1. The number of carbonyl (C=O) groups is 2. The number of nitrogens with one attached hydrogen (secondary N) is 1. The molecule has 1 N–H and O–H groups in total. The number of hydrogen-bond donors (Lipinski definition) is 1. The fourth-order valence-corrected chi connectivity index (χ4v) is 2.05. The van der Waals surface area contributed by atoms with Gasteiger partial charge in [-0.15, -0.1) is 0 Å². The van der Waals surface area contributed by atoms with Crippen LogP contribution >= 0.6 is 0 Å². The number of rotatable bonds is 2. The van der Waals surface area contributed by atoms with Crippen LogP contribution in [0.4, 0.5) is 5.69 Å². The van der Waals surface area contributed by atoms with Crippen molar-refractivity contribution in [2.24, 2.45) is 10.3 Å². The molecule has 1 aromatic rings. The molecule has 92 valence electrons. The van der Waals surface area contributed by atoms with E-state index in [1.165, 1.54) is 5.01 Å². The summed E-state index contributed by atoms with van der Waals surface area (Å²) in [6.45, 7) is 0. The van der Waals surface area contributed by atoms with E-state index >= 15 is 0 Å². The van der Waals surface area contributed by atoms with E-state index in [2.05, 4.69) is 15.7 Å². The van der Waals surface area contributed by atoms with Crippen LogP contribution in [0, 0.1) is 0 Å². The number of benzene rings is 1. The van der Waals surface area contributed by atoms with E-state index in [-0.39, 0.29) is 5.91 Å². The third-order valence-electron chi connectivity index (χ3n) is 2.94. The summed E-state index contributed by atoms with van der Waals surface area (Å²) in [5.41, 5.74) is 0.662. The maximum absolute atomic E-state index is 11.7. The summed E-state index contributed by atoms with van der Waals surface area (Å²) in [7, 11) is 1.55. The van der Waals surface area contributed by atoms with Crippen molar-refractivity contribution in [3.63, 3.8) is 0 Å². The minimum Gasteiger partial charge on any atom is -0.497 e. The molecular weight excluding hydrogens is 236 g/mol. The van der Waals surface area contributed by atoms with Crippen LogP contribution in [0.25, 0.3) is 0 Å². The predicted octanol–water partition coefficient (Wildman–Crippen LogP) is 0.276. The molecule has 0 radical (unpaired) electrons. The quantitative estimate of drug-likeness (QED) is 0.759. The predicted molar refractivity (Wildman–Crippen MR) is 61.1 cm³/mol. The Labute approximate surface area is 102 Å². The molecule has 18 heavy (non-hydrogen) atoms. The maximum Gasteiger partial charge on any atom is 0.256 e. The van der Waals surface area contributed by atoms with Crippen molar-refractivity contribution in [2.75, 3.05) is 12.1 Å². The number of hydrogen-bond acceptors (Lipinski definition) is 6. The number of amides is 2. The standard InChI is InChI=1S/C11H10N4O3/c1-18-7-4-2-3-6(5-7)15-9-8(13-14-15)10(16)12-11(9)17/h2-5,8-9H,1H3,(H,12,16,17). The first-order chi connectivity index (χ1) is 8.70. The first-order valence-electron chi connectivity index (χ1n) is 5.39. The van der Waals surface area contributed by atoms with Crippen molar-refractivity contribution in [1.82, 2.24) is 5.32 Å². The average Bonchev–Trinajstić information content (AvgIpc) is 2.93. The molecule has 2 aliphatic rings. The Balaban J connectivity index is 1.96. The molecule has 2 unspecified atom stereocenters. The smallest absolute Gasteiger partial charge is 0.256 e. The highest BCUT2D eigenvalue weighted by molar-refractivity contribution is 6.11. The molecule has 2 aliphatic heterocycles. The molecule has 3 rings (SSSR count). The van der Waals surface area contributed by atoms with Crippen molar-refractivity contribution >= 4 is 17.5 Å². The zero-order chi connectivity index (χ0) is 12.7. The lowest BCUT2D eigenvalue weighted by Crippen LogP contribution is -2.38. The average molecular weight is 246 g/mol. The summed E-state index contributed by atoms with van der Waals surface area (Å²) < 4.78 is 5.11. The lowest BCUT2D eigenvalue weighted by Gasteiger charge is -2.18. The minimum absolute atomic E-state index is 0.377. The van der Waals surface area contributed by atoms with Gasteiger partial charge in [-0.3, -0.25) is 14.9 Å². The molecule has 0 saturated carbocycles. The normalized spacial score (nSPS) is 25.3. The largest absolute Gasteiger partial charge is 0.497 e. The maximum atomic E-state index is 11.7. The van der Waals surface area contributed by atoms with E-state index in [1.54, 1.807) is 31.4 Å². The van der Waals surface area contributed by atoms with Crippen molar-refractivity contribution < 1.29 is 14.3 Å². The molecule has 2 heterocycles. The van der Waals surface area contributed by atoms with Crippen LogP contribution < -0.4 is 15.1 Å². The molecule has 0 bridgehead atoms. The van der Waals surface area contributed by atoms with Crippen LogP contribution in [-0.4, -0.2) is 31.0 Å². The molecule has 7 heteroatoms. The third-order valence-corrected chi connectivity index (χ3v) is 2.94. The second kappa shape index (κ2) is 3.80. The van der Waals surface area contributed by atoms with Crippen LogP contribution in [0.1, 0.15) is 0 Å². The van der Waals surface area contributed by atoms with Crippen LogP contribution in [0.2, 0.25) is 0 Å². The molecular formula is C11H10N4O3. The number of carbonyl (C=O) groups excluding carboxylic acids is 2. The first-order valence-corrected chi connectivity index (χ1v) is 5.39. The number of nitrogens with zero attached hydrogens (tertiary/aromatic N) is 3. The molecule has 1 saturated heterocycles. The Hall–Kier alpha value is -2.44. The number of fused-ring (bicyclic) bond motifs is 1. The monoisotopic (exact) mass is 246 g/mol. The van der Waals surface area contributed by atoms with Crippen molar-refractivity contribution in [3.8, 4) is 5.75 Å². The van der Waals surface area contributed by atoms with E-state index in [4.69, 9.17) is 4.74 Å². The third kappa shape index (κ3) is 1.44. The molecule has 0 aromatic heterocycles. The molecule has 2 atom stereocenters. The summed E-state index contributed by atoms with van der Waals surface area (Å²) in [6.07, 6.45) is 0. The molecule has 1 aromatic carbocycles. The SMILES string of the molecule is COc1cccc(N2N=NC3C(=O)NC(=O)C32)c1. The Morgan fingerprint density at radius 3 is 2.94 bits per heavy atom. The Morgan fingerprint density at radius 1 is 1.33 bits per heavy atom. The van der Waals surface area contributed by atoms with Crippen molar-refractivity contribution in [3.05, 3.63) is 24.3 Å². The fraction of sp³-hybridized carbons (Fsp3) is 0.273. The number of anilines is 1. The molecule has 1 fully saturated rings. The van der Waals surface area contributed by atoms with Crippen LogP contribution in [0.5, 0.6) is 5.75 Å². The highest BCUT2D eigenvalue weighted by atomic mass is 16.5. The summed E-state index contributed by atoms with van der Waals surface area (Å²) >= 11 is 0. The summed E-state index contributed by atoms with van der Waals surface area (Å²) in [6, 6.07) is 5.64. The van der Waals surface area contributed by atoms with Gasteiger partial charge in [-0.2, -0.15) is 5.11 Å². The van der Waals surface area contributed by atoms with Crippen molar-refractivity contribution in [2.45, 2.75) is 12.1 Å². The van der Waals surface area contributed by atoms with E-state index in [9.17, 15) is 9.59 Å². The minimum atomic E-state index is -0.747. The lowest BCUT2D eigenvalue weighted by atomic mass is 10.1. The molecule has 0 spiro atoms. The summed E-state index contributed by atoms with van der Waals surface area (Å²) in [5.74, 6) is -0.132. The van der Waals surface area contributed by atoms with Crippen LogP contribution in [0.15, 0.2) is 34.6 Å². The van der Waals surface area contributed by atoms with Gasteiger partial charge in [0.1, 0.15) is 5.75 Å². The zero-order valence-corrected chi connectivity index (χ0v) is 9.53. The van der Waals surface area contributed by atoms with Crippen LogP contribution in [0.3, 0.4) is 0 Å². The van der Waals surface area contributed by atoms with Gasteiger partial charge in [-0.1, -0.05) is 11.3 Å². The summed E-state index contributed by atoms with van der Waals surface area (Å²) in [5, 5.41) is 11.4. The number of ether oxygens (including phenoxy) is 1. The van der Waals surface area contributed by atoms with Gasteiger partial charge in [0, 0.05) is 6.07 Å². The molecule has 2 amide bonds. The lowest BCUT2D eigenvalue weighted by molar-refractivity contribution is -0.125. The molecule has 7 nitrogen and oxygen atoms in total. The van der Waals surface area contributed by atoms with Crippen molar-refractivity contribution in [1.29, 1.82) is 0 Å². The van der Waals surface area contributed by atoms with Gasteiger partial charge in [0.2, 0.25) is 0 Å². The first kappa shape index (κ1) is 10.7.